The molecular weight excluding hydrogens is 505 g/mol. The standard InChI is InChI=1S/C27H30FN7O2S/c1-2-38(36,37)32-21-13-15-33(18-21)26-10-4-8-22(30-26)24-17-29-25-11-12-27(31-35(24)25)34-14-5-9-23(34)19-6-3-7-20(28)16-19/h3-4,6-8,10-12,16-17,21,23,32H,2,5,9,13-15,18H2,1H3. The lowest BCUT2D eigenvalue weighted by Crippen LogP contribution is -2.38. The molecule has 2 aliphatic heterocycles. The molecule has 0 aliphatic carbocycles. The lowest BCUT2D eigenvalue weighted by atomic mass is 10.0. The first-order valence-electron chi connectivity index (χ1n) is 13.0. The van der Waals surface area contributed by atoms with Gasteiger partial charge in [0, 0.05) is 25.7 Å². The van der Waals surface area contributed by atoms with Gasteiger partial charge in [-0.15, -0.1) is 5.10 Å². The summed E-state index contributed by atoms with van der Waals surface area (Å²) < 4.78 is 42.5. The van der Waals surface area contributed by atoms with Crippen molar-refractivity contribution in [2.75, 3.05) is 35.2 Å². The number of nitrogens with one attached hydrogen (secondary N) is 1. The van der Waals surface area contributed by atoms with Gasteiger partial charge < -0.3 is 9.80 Å². The lowest BCUT2D eigenvalue weighted by molar-refractivity contribution is 0.562. The normalized spacial score (nSPS) is 20.1. The molecule has 0 bridgehead atoms. The minimum absolute atomic E-state index is 0.0670. The highest BCUT2D eigenvalue weighted by Gasteiger charge is 2.29. The molecule has 2 aliphatic rings. The van der Waals surface area contributed by atoms with Crippen molar-refractivity contribution in [3.63, 3.8) is 0 Å². The Labute approximate surface area is 221 Å². The fraction of sp³-hybridized carbons (Fsp3) is 0.370. The smallest absolute Gasteiger partial charge is 0.211 e. The number of hydrogen-bond acceptors (Lipinski definition) is 7. The molecule has 198 valence electrons. The number of pyridine rings is 1. The van der Waals surface area contributed by atoms with Crippen LogP contribution in [0.3, 0.4) is 0 Å². The number of nitrogens with zero attached hydrogens (tertiary/aromatic N) is 6. The summed E-state index contributed by atoms with van der Waals surface area (Å²) in [7, 11) is -3.25. The SMILES string of the molecule is CCS(=O)(=O)NC1CCN(c2cccc(-c3cnc4ccc(N5CCCC5c5cccc(F)c5)nn34)n2)C1. The Morgan fingerprint density at radius 3 is 2.76 bits per heavy atom. The number of sulfonamides is 1. The van der Waals surface area contributed by atoms with Crippen LogP contribution in [0.1, 0.15) is 37.8 Å². The van der Waals surface area contributed by atoms with Crippen LogP contribution >= 0.6 is 0 Å². The quantitative estimate of drug-likeness (QED) is 0.385. The molecule has 0 saturated carbocycles. The first kappa shape index (κ1) is 24.7. The number of aromatic nitrogens is 4. The summed E-state index contributed by atoms with van der Waals surface area (Å²) in [4.78, 5) is 13.8. The van der Waals surface area contributed by atoms with Gasteiger partial charge >= 0.3 is 0 Å². The van der Waals surface area contributed by atoms with Gasteiger partial charge in [0.25, 0.3) is 0 Å². The fourth-order valence-corrected chi connectivity index (χ4v) is 6.30. The number of anilines is 2. The molecule has 6 rings (SSSR count). The van der Waals surface area contributed by atoms with E-state index in [4.69, 9.17) is 10.1 Å². The van der Waals surface area contributed by atoms with Gasteiger partial charge in [0.05, 0.1) is 23.7 Å². The molecule has 38 heavy (non-hydrogen) atoms. The number of imidazole rings is 1. The van der Waals surface area contributed by atoms with Crippen molar-refractivity contribution in [2.24, 2.45) is 0 Å². The highest BCUT2D eigenvalue weighted by molar-refractivity contribution is 7.89. The van der Waals surface area contributed by atoms with Crippen molar-refractivity contribution in [3.05, 3.63) is 72.2 Å². The molecule has 5 heterocycles. The van der Waals surface area contributed by atoms with E-state index in [2.05, 4.69) is 19.5 Å². The van der Waals surface area contributed by atoms with Crippen molar-refractivity contribution in [2.45, 2.75) is 38.3 Å². The Morgan fingerprint density at radius 2 is 1.92 bits per heavy atom. The topological polar surface area (TPSA) is 95.7 Å². The summed E-state index contributed by atoms with van der Waals surface area (Å²) in [6.45, 7) is 3.77. The van der Waals surface area contributed by atoms with E-state index in [1.165, 1.54) is 6.07 Å². The first-order chi connectivity index (χ1) is 18.4. The van der Waals surface area contributed by atoms with E-state index in [0.29, 0.717) is 12.2 Å². The minimum atomic E-state index is -3.25. The molecule has 1 N–H and O–H groups in total. The summed E-state index contributed by atoms with van der Waals surface area (Å²) in [5.74, 6) is 1.44. The zero-order valence-electron chi connectivity index (χ0n) is 21.2. The average molecular weight is 536 g/mol. The molecule has 9 nitrogen and oxygen atoms in total. The van der Waals surface area contributed by atoms with E-state index >= 15 is 0 Å². The minimum Gasteiger partial charge on any atom is -0.355 e. The predicted octanol–water partition coefficient (Wildman–Crippen LogP) is 3.79. The van der Waals surface area contributed by atoms with Crippen LogP contribution in [0.15, 0.2) is 60.8 Å². The monoisotopic (exact) mass is 535 g/mol. The van der Waals surface area contributed by atoms with Crippen LogP contribution in [0, 0.1) is 5.82 Å². The van der Waals surface area contributed by atoms with E-state index < -0.39 is 10.0 Å². The van der Waals surface area contributed by atoms with E-state index in [0.717, 1.165) is 60.9 Å². The summed E-state index contributed by atoms with van der Waals surface area (Å²) in [6.07, 6.45) is 4.45. The number of halogens is 1. The van der Waals surface area contributed by atoms with Gasteiger partial charge in [0.15, 0.2) is 5.65 Å². The highest BCUT2D eigenvalue weighted by Crippen LogP contribution is 2.36. The molecule has 2 atom stereocenters. The lowest BCUT2D eigenvalue weighted by Gasteiger charge is -2.26. The second-order valence-electron chi connectivity index (χ2n) is 9.85. The van der Waals surface area contributed by atoms with Crippen molar-refractivity contribution >= 4 is 27.3 Å². The summed E-state index contributed by atoms with van der Waals surface area (Å²) in [6, 6.07) is 16.5. The van der Waals surface area contributed by atoms with Crippen molar-refractivity contribution < 1.29 is 12.8 Å². The molecule has 4 aromatic rings. The predicted molar refractivity (Wildman–Crippen MR) is 145 cm³/mol. The van der Waals surface area contributed by atoms with Crippen LogP contribution in [-0.2, 0) is 10.0 Å². The number of benzene rings is 1. The molecule has 0 spiro atoms. The zero-order valence-corrected chi connectivity index (χ0v) is 22.0. The third-order valence-corrected chi connectivity index (χ3v) is 8.82. The maximum absolute atomic E-state index is 13.9. The molecule has 0 amide bonds. The van der Waals surface area contributed by atoms with E-state index in [1.54, 1.807) is 25.3 Å². The summed E-state index contributed by atoms with van der Waals surface area (Å²) in [5, 5.41) is 4.94. The molecule has 3 aromatic heterocycles. The molecule has 2 unspecified atom stereocenters. The Balaban J connectivity index is 1.27. The van der Waals surface area contributed by atoms with Crippen LogP contribution in [-0.4, -0.2) is 59.4 Å². The second-order valence-corrected chi connectivity index (χ2v) is 11.9. The van der Waals surface area contributed by atoms with Crippen LogP contribution in [0.5, 0.6) is 0 Å². The third-order valence-electron chi connectivity index (χ3n) is 7.36. The fourth-order valence-electron chi connectivity index (χ4n) is 5.44. The Bertz CT molecular complexity index is 1570. The molecule has 1 aromatic carbocycles. The first-order valence-corrected chi connectivity index (χ1v) is 14.6. The average Bonchev–Trinajstić information content (AvgIpc) is 3.68. The zero-order chi connectivity index (χ0) is 26.3. The maximum Gasteiger partial charge on any atom is 0.211 e. The van der Waals surface area contributed by atoms with Crippen LogP contribution in [0.2, 0.25) is 0 Å². The van der Waals surface area contributed by atoms with Crippen LogP contribution < -0.4 is 14.5 Å². The molecule has 0 radical (unpaired) electrons. The largest absolute Gasteiger partial charge is 0.355 e. The van der Waals surface area contributed by atoms with Gasteiger partial charge in [0.1, 0.15) is 23.1 Å². The van der Waals surface area contributed by atoms with Crippen molar-refractivity contribution in [1.82, 2.24) is 24.3 Å². The maximum atomic E-state index is 13.9. The van der Waals surface area contributed by atoms with Gasteiger partial charge in [0.2, 0.25) is 10.0 Å². The van der Waals surface area contributed by atoms with Gasteiger partial charge in [-0.3, -0.25) is 0 Å². The van der Waals surface area contributed by atoms with E-state index in [-0.39, 0.29) is 23.7 Å². The van der Waals surface area contributed by atoms with Crippen LogP contribution in [0.25, 0.3) is 17.0 Å². The number of hydrogen-bond donors (Lipinski definition) is 1. The highest BCUT2D eigenvalue weighted by atomic mass is 32.2. The molecule has 11 heteroatoms. The Morgan fingerprint density at radius 1 is 1.05 bits per heavy atom. The van der Waals surface area contributed by atoms with Crippen LogP contribution in [0.4, 0.5) is 16.0 Å². The number of rotatable bonds is 7. The summed E-state index contributed by atoms with van der Waals surface area (Å²) in [5.41, 5.74) is 3.18. The van der Waals surface area contributed by atoms with E-state index in [1.807, 2.05) is 40.9 Å². The second kappa shape index (κ2) is 9.95. The molecular formula is C27H30FN7O2S. The van der Waals surface area contributed by atoms with Crippen molar-refractivity contribution in [3.8, 4) is 11.4 Å². The number of fused-ring (bicyclic) bond motifs is 1. The molecule has 2 saturated heterocycles. The van der Waals surface area contributed by atoms with Crippen molar-refractivity contribution in [1.29, 1.82) is 0 Å². The van der Waals surface area contributed by atoms with Gasteiger partial charge in [-0.2, -0.15) is 0 Å². The Kier molecular flexibility index (Phi) is 6.48. The summed E-state index contributed by atoms with van der Waals surface area (Å²) >= 11 is 0. The van der Waals surface area contributed by atoms with Gasteiger partial charge in [-0.25, -0.2) is 32.0 Å². The van der Waals surface area contributed by atoms with Gasteiger partial charge in [-0.1, -0.05) is 18.2 Å². The molecule has 2 fully saturated rings. The third kappa shape index (κ3) is 4.83. The van der Waals surface area contributed by atoms with E-state index in [9.17, 15) is 12.8 Å². The van der Waals surface area contributed by atoms with Gasteiger partial charge in [-0.05, 0) is 68.1 Å². The Hall–Kier alpha value is -3.57.